The zero-order valence-corrected chi connectivity index (χ0v) is 15.9. The van der Waals surface area contributed by atoms with Crippen molar-refractivity contribution in [3.05, 3.63) is 65.1 Å². The van der Waals surface area contributed by atoms with Gasteiger partial charge in [-0.05, 0) is 30.4 Å². The summed E-state index contributed by atoms with van der Waals surface area (Å²) in [6.45, 7) is 0. The number of hydrogen-bond acceptors (Lipinski definition) is 5. The van der Waals surface area contributed by atoms with E-state index in [0.29, 0.717) is 28.3 Å². The minimum absolute atomic E-state index is 0.0890. The van der Waals surface area contributed by atoms with Crippen molar-refractivity contribution in [3.63, 3.8) is 0 Å². The molecule has 7 heteroatoms. The van der Waals surface area contributed by atoms with Gasteiger partial charge in [0.2, 0.25) is 0 Å². The average molecular weight is 387 g/mol. The molecule has 1 aliphatic carbocycles. The summed E-state index contributed by atoms with van der Waals surface area (Å²) in [5.74, 6) is 0.799. The Morgan fingerprint density at radius 2 is 1.93 bits per heavy atom. The number of aromatic nitrogens is 3. The highest BCUT2D eigenvalue weighted by atomic mass is 16.6. The molecule has 0 radical (unpaired) electrons. The van der Waals surface area contributed by atoms with Crippen molar-refractivity contribution in [2.75, 3.05) is 5.32 Å². The Morgan fingerprint density at radius 3 is 2.76 bits per heavy atom. The SMILES string of the molecule is O=[N+]([O-])c1c(-c2nc3cnccn3c2NC2CCCCC2)ccc2ccccc12. The summed E-state index contributed by atoms with van der Waals surface area (Å²) >= 11 is 0. The summed E-state index contributed by atoms with van der Waals surface area (Å²) in [4.78, 5) is 20.7. The third kappa shape index (κ3) is 3.08. The molecule has 0 aliphatic heterocycles. The molecule has 2 aromatic carbocycles. The highest BCUT2D eigenvalue weighted by Crippen LogP contribution is 2.40. The Balaban J connectivity index is 1.73. The van der Waals surface area contributed by atoms with Gasteiger partial charge in [0.25, 0.3) is 5.69 Å². The second kappa shape index (κ2) is 7.16. The molecule has 29 heavy (non-hydrogen) atoms. The molecule has 5 rings (SSSR count). The molecule has 0 spiro atoms. The van der Waals surface area contributed by atoms with Gasteiger partial charge < -0.3 is 5.32 Å². The Bertz CT molecular complexity index is 1210. The van der Waals surface area contributed by atoms with Gasteiger partial charge in [-0.3, -0.25) is 19.5 Å². The largest absolute Gasteiger partial charge is 0.367 e. The van der Waals surface area contributed by atoms with Crippen LogP contribution >= 0.6 is 0 Å². The summed E-state index contributed by atoms with van der Waals surface area (Å²) in [6, 6.07) is 11.5. The van der Waals surface area contributed by atoms with Gasteiger partial charge in [0.1, 0.15) is 11.5 Å². The molecule has 1 aliphatic rings. The lowest BCUT2D eigenvalue weighted by Gasteiger charge is -2.24. The summed E-state index contributed by atoms with van der Waals surface area (Å²) in [7, 11) is 0. The van der Waals surface area contributed by atoms with Crippen LogP contribution in [0.25, 0.3) is 27.7 Å². The fraction of sp³-hybridized carbons (Fsp3) is 0.273. The maximum Gasteiger partial charge on any atom is 0.286 e. The van der Waals surface area contributed by atoms with Gasteiger partial charge in [0.05, 0.1) is 22.1 Å². The number of fused-ring (bicyclic) bond motifs is 2. The normalized spacial score (nSPS) is 15.0. The summed E-state index contributed by atoms with van der Waals surface area (Å²) in [5, 5.41) is 17.2. The molecule has 1 N–H and O–H groups in total. The number of anilines is 1. The Hall–Kier alpha value is -3.48. The predicted octanol–water partition coefficient (Wildman–Crippen LogP) is 5.20. The first-order valence-corrected chi connectivity index (χ1v) is 9.97. The van der Waals surface area contributed by atoms with Crippen LogP contribution in [-0.2, 0) is 0 Å². The summed E-state index contributed by atoms with van der Waals surface area (Å²) in [5.41, 5.74) is 1.88. The van der Waals surface area contributed by atoms with E-state index in [2.05, 4.69) is 10.3 Å². The van der Waals surface area contributed by atoms with E-state index in [-0.39, 0.29) is 10.6 Å². The van der Waals surface area contributed by atoms with E-state index >= 15 is 0 Å². The molecule has 2 aromatic heterocycles. The Morgan fingerprint density at radius 1 is 1.10 bits per heavy atom. The molecule has 146 valence electrons. The van der Waals surface area contributed by atoms with E-state index in [1.165, 1.54) is 19.3 Å². The van der Waals surface area contributed by atoms with Crippen LogP contribution in [0.1, 0.15) is 32.1 Å². The number of rotatable bonds is 4. The fourth-order valence-electron chi connectivity index (χ4n) is 4.32. The third-order valence-electron chi connectivity index (χ3n) is 5.71. The monoisotopic (exact) mass is 387 g/mol. The smallest absolute Gasteiger partial charge is 0.286 e. The fourth-order valence-corrected chi connectivity index (χ4v) is 4.32. The van der Waals surface area contributed by atoms with Gasteiger partial charge in [-0.1, -0.05) is 43.5 Å². The molecule has 1 fully saturated rings. The molecular formula is C22H21N5O2. The van der Waals surface area contributed by atoms with Crippen molar-refractivity contribution in [1.29, 1.82) is 0 Å². The van der Waals surface area contributed by atoms with Gasteiger partial charge in [0, 0.05) is 18.4 Å². The molecule has 0 bridgehead atoms. The lowest BCUT2D eigenvalue weighted by atomic mass is 9.95. The van der Waals surface area contributed by atoms with Crippen LogP contribution < -0.4 is 5.32 Å². The minimum atomic E-state index is -0.301. The maximum absolute atomic E-state index is 12.1. The molecule has 0 saturated heterocycles. The molecule has 2 heterocycles. The number of hydrogen-bond donors (Lipinski definition) is 1. The van der Waals surface area contributed by atoms with Gasteiger partial charge >= 0.3 is 0 Å². The summed E-state index contributed by atoms with van der Waals surface area (Å²) in [6.07, 6.45) is 11.1. The highest BCUT2D eigenvalue weighted by Gasteiger charge is 2.26. The van der Waals surface area contributed by atoms with Crippen molar-refractivity contribution in [3.8, 4) is 11.3 Å². The predicted molar refractivity (Wildman–Crippen MR) is 113 cm³/mol. The van der Waals surface area contributed by atoms with E-state index < -0.39 is 0 Å². The van der Waals surface area contributed by atoms with Crippen LogP contribution in [0.15, 0.2) is 55.0 Å². The molecule has 0 unspecified atom stereocenters. The molecular weight excluding hydrogens is 366 g/mol. The van der Waals surface area contributed by atoms with E-state index in [1.54, 1.807) is 18.5 Å². The van der Waals surface area contributed by atoms with E-state index in [9.17, 15) is 10.1 Å². The maximum atomic E-state index is 12.1. The first-order valence-electron chi connectivity index (χ1n) is 9.97. The van der Waals surface area contributed by atoms with Crippen LogP contribution in [0.3, 0.4) is 0 Å². The third-order valence-corrected chi connectivity index (χ3v) is 5.71. The van der Waals surface area contributed by atoms with E-state index in [4.69, 9.17) is 4.98 Å². The first-order chi connectivity index (χ1) is 14.2. The number of imidazole rings is 1. The van der Waals surface area contributed by atoms with E-state index in [0.717, 1.165) is 24.0 Å². The van der Waals surface area contributed by atoms with Crippen LogP contribution in [-0.4, -0.2) is 25.3 Å². The molecule has 0 amide bonds. The van der Waals surface area contributed by atoms with Crippen LogP contribution in [0.2, 0.25) is 0 Å². The topological polar surface area (TPSA) is 85.4 Å². The number of nitro benzene ring substituents is 1. The van der Waals surface area contributed by atoms with Gasteiger partial charge in [-0.25, -0.2) is 4.98 Å². The highest BCUT2D eigenvalue weighted by molar-refractivity contribution is 5.99. The second-order valence-electron chi connectivity index (χ2n) is 7.53. The van der Waals surface area contributed by atoms with Crippen LogP contribution in [0, 0.1) is 10.1 Å². The first kappa shape index (κ1) is 17.6. The zero-order chi connectivity index (χ0) is 19.8. The molecule has 4 aromatic rings. The molecule has 7 nitrogen and oxygen atoms in total. The lowest BCUT2D eigenvalue weighted by molar-refractivity contribution is -0.382. The van der Waals surface area contributed by atoms with Crippen molar-refractivity contribution >= 4 is 27.9 Å². The van der Waals surface area contributed by atoms with Crippen molar-refractivity contribution in [2.45, 2.75) is 38.1 Å². The van der Waals surface area contributed by atoms with Gasteiger partial charge in [0.15, 0.2) is 5.65 Å². The zero-order valence-electron chi connectivity index (χ0n) is 15.9. The standard InChI is InChI=1S/C22H21N5O2/c28-27(29)21-17-9-5-4-6-15(17)10-11-18(21)20-22(24-16-7-2-1-3-8-16)26-13-12-23-14-19(26)25-20/h4-6,9-14,16,24H,1-3,7-8H2. The van der Waals surface area contributed by atoms with Gasteiger partial charge in [-0.15, -0.1) is 0 Å². The quantitative estimate of drug-likeness (QED) is 0.384. The Kier molecular flexibility index (Phi) is 4.35. The van der Waals surface area contributed by atoms with Crippen molar-refractivity contribution in [2.24, 2.45) is 0 Å². The average Bonchev–Trinajstić information content (AvgIpc) is 3.12. The van der Waals surface area contributed by atoms with Gasteiger partial charge in [-0.2, -0.15) is 0 Å². The number of nitrogens with one attached hydrogen (secondary N) is 1. The number of benzene rings is 2. The Labute approximate surface area is 167 Å². The van der Waals surface area contributed by atoms with Crippen molar-refractivity contribution < 1.29 is 4.92 Å². The van der Waals surface area contributed by atoms with Crippen molar-refractivity contribution in [1.82, 2.24) is 14.4 Å². The number of nitro groups is 1. The van der Waals surface area contributed by atoms with Crippen LogP contribution in [0.5, 0.6) is 0 Å². The lowest BCUT2D eigenvalue weighted by Crippen LogP contribution is -2.23. The van der Waals surface area contributed by atoms with E-state index in [1.807, 2.05) is 40.9 Å². The number of nitrogens with zero attached hydrogens (tertiary/aromatic N) is 4. The summed E-state index contributed by atoms with van der Waals surface area (Å²) < 4.78 is 1.94. The molecule has 0 atom stereocenters. The second-order valence-corrected chi connectivity index (χ2v) is 7.53. The minimum Gasteiger partial charge on any atom is -0.367 e. The van der Waals surface area contributed by atoms with Crippen LogP contribution in [0.4, 0.5) is 11.5 Å². The molecule has 1 saturated carbocycles.